The highest BCUT2D eigenvalue weighted by Gasteiger charge is 2.66. The van der Waals surface area contributed by atoms with Crippen molar-refractivity contribution in [3.05, 3.63) is 23.0 Å². The van der Waals surface area contributed by atoms with Gasteiger partial charge in [0.2, 0.25) is 0 Å². The lowest BCUT2D eigenvalue weighted by molar-refractivity contribution is -0.154. The molecule has 2 saturated carbocycles. The third-order valence-electron chi connectivity index (χ3n) is 9.72. The predicted molar refractivity (Wildman–Crippen MR) is 105 cm³/mol. The highest BCUT2D eigenvalue weighted by atomic mass is 16.6. The van der Waals surface area contributed by atoms with E-state index in [1.54, 1.807) is 0 Å². The zero-order chi connectivity index (χ0) is 20.4. The average Bonchev–Trinajstić information content (AvgIpc) is 3.16. The molecule has 5 heteroatoms. The summed E-state index contributed by atoms with van der Waals surface area (Å²) in [7, 11) is 0. The van der Waals surface area contributed by atoms with Crippen molar-refractivity contribution in [3.8, 4) is 0 Å². The fraction of sp³-hybridized carbons (Fsp3) is 0.792. The average molecular weight is 401 g/mol. The molecule has 0 aromatic carbocycles. The molecule has 29 heavy (non-hydrogen) atoms. The summed E-state index contributed by atoms with van der Waals surface area (Å²) in [5.41, 5.74) is 1.77. The van der Waals surface area contributed by atoms with Crippen molar-refractivity contribution in [1.29, 1.82) is 0 Å². The molecule has 12 unspecified atom stereocenters. The van der Waals surface area contributed by atoms with Gasteiger partial charge in [-0.25, -0.2) is 4.79 Å². The fourth-order valence-corrected chi connectivity index (χ4v) is 8.16. The number of fused-ring (bicyclic) bond motifs is 9. The number of allylic oxidation sites excluding steroid dienone is 1. The zero-order valence-corrected chi connectivity index (χ0v) is 17.7. The first-order chi connectivity index (χ1) is 13.7. The molecule has 0 radical (unpaired) electrons. The monoisotopic (exact) mass is 400 g/mol. The van der Waals surface area contributed by atoms with Crippen LogP contribution in [0.1, 0.15) is 47.0 Å². The molecule has 1 saturated heterocycles. The van der Waals surface area contributed by atoms with Crippen LogP contribution in [-0.4, -0.2) is 40.1 Å². The zero-order valence-electron chi connectivity index (χ0n) is 17.7. The van der Waals surface area contributed by atoms with Crippen LogP contribution in [0.15, 0.2) is 23.0 Å². The van der Waals surface area contributed by atoms with Gasteiger partial charge in [0.1, 0.15) is 17.5 Å². The Morgan fingerprint density at radius 3 is 2.69 bits per heavy atom. The summed E-state index contributed by atoms with van der Waals surface area (Å²) in [6.45, 7) is 8.47. The molecule has 2 N–H and O–H groups in total. The lowest BCUT2D eigenvalue weighted by Gasteiger charge is -2.48. The van der Waals surface area contributed by atoms with Crippen molar-refractivity contribution < 1.29 is 24.5 Å². The molecule has 6 rings (SSSR count). The molecule has 3 aliphatic carbocycles. The highest BCUT2D eigenvalue weighted by Crippen LogP contribution is 2.66. The van der Waals surface area contributed by atoms with Crippen molar-refractivity contribution in [1.82, 2.24) is 0 Å². The van der Waals surface area contributed by atoms with Gasteiger partial charge in [0, 0.05) is 23.7 Å². The van der Waals surface area contributed by atoms with E-state index in [4.69, 9.17) is 9.47 Å². The van der Waals surface area contributed by atoms with Gasteiger partial charge in [-0.05, 0) is 50.9 Å². The van der Waals surface area contributed by atoms with Gasteiger partial charge >= 0.3 is 5.97 Å². The van der Waals surface area contributed by atoms with Crippen molar-refractivity contribution in [2.75, 3.05) is 0 Å². The summed E-state index contributed by atoms with van der Waals surface area (Å²) in [6.07, 6.45) is 3.79. The summed E-state index contributed by atoms with van der Waals surface area (Å²) in [6, 6.07) is 0. The van der Waals surface area contributed by atoms with Gasteiger partial charge in [-0.2, -0.15) is 0 Å². The van der Waals surface area contributed by atoms with Crippen LogP contribution in [0.4, 0.5) is 0 Å². The predicted octanol–water partition coefficient (Wildman–Crippen LogP) is 2.82. The van der Waals surface area contributed by atoms with Crippen LogP contribution in [0, 0.1) is 47.3 Å². The SMILES string of the molecule is CC1=CC2C(O)C(C)C(O)C2C2C1CC1C2C2=C3OC1(C)CCC(OC2=O)C3C. The van der Waals surface area contributed by atoms with E-state index >= 15 is 0 Å². The molecule has 3 bridgehead atoms. The number of aliphatic hydroxyl groups is 2. The first-order valence-corrected chi connectivity index (χ1v) is 11.4. The minimum atomic E-state index is -0.543. The van der Waals surface area contributed by atoms with E-state index in [-0.39, 0.29) is 59.1 Å². The highest BCUT2D eigenvalue weighted by molar-refractivity contribution is 5.91. The van der Waals surface area contributed by atoms with Crippen LogP contribution in [0.5, 0.6) is 0 Å². The molecular formula is C24H32O5. The number of carbonyl (C=O) groups excluding carboxylic acids is 1. The third kappa shape index (κ3) is 2.11. The van der Waals surface area contributed by atoms with Gasteiger partial charge in [0.05, 0.1) is 23.7 Å². The molecular weight excluding hydrogens is 368 g/mol. The Balaban J connectivity index is 1.55. The Labute approximate surface area is 172 Å². The van der Waals surface area contributed by atoms with E-state index in [1.807, 2.05) is 6.92 Å². The van der Waals surface area contributed by atoms with E-state index < -0.39 is 12.2 Å². The largest absolute Gasteiger partial charge is 0.491 e. The van der Waals surface area contributed by atoms with E-state index in [1.165, 1.54) is 5.57 Å². The second-order valence-corrected chi connectivity index (χ2v) is 10.9. The normalized spacial score (nSPS) is 57.4. The maximum Gasteiger partial charge on any atom is 0.338 e. The first kappa shape index (κ1) is 18.4. The molecule has 0 amide bonds. The maximum absolute atomic E-state index is 13.2. The summed E-state index contributed by atoms with van der Waals surface area (Å²) in [5, 5.41) is 22.0. The minimum Gasteiger partial charge on any atom is -0.491 e. The molecule has 158 valence electrons. The van der Waals surface area contributed by atoms with Gasteiger partial charge in [0.25, 0.3) is 0 Å². The van der Waals surface area contributed by atoms with E-state index in [0.29, 0.717) is 5.92 Å². The number of hydrogen-bond acceptors (Lipinski definition) is 5. The molecule has 6 aliphatic rings. The minimum absolute atomic E-state index is 0.0126. The van der Waals surface area contributed by atoms with Crippen LogP contribution >= 0.6 is 0 Å². The number of carbonyl (C=O) groups is 1. The second-order valence-electron chi connectivity index (χ2n) is 10.9. The van der Waals surface area contributed by atoms with Crippen molar-refractivity contribution in [2.24, 2.45) is 47.3 Å². The quantitative estimate of drug-likeness (QED) is 0.483. The number of aliphatic hydroxyl groups excluding tert-OH is 2. The lowest BCUT2D eigenvalue weighted by atomic mass is 9.63. The maximum atomic E-state index is 13.2. The number of esters is 1. The topological polar surface area (TPSA) is 76.0 Å². The second kappa shape index (κ2) is 5.67. The Morgan fingerprint density at radius 1 is 1.17 bits per heavy atom. The number of hydrogen-bond donors (Lipinski definition) is 2. The van der Waals surface area contributed by atoms with E-state index in [2.05, 4.69) is 26.8 Å². The molecule has 0 spiro atoms. The molecule has 3 aliphatic heterocycles. The third-order valence-corrected chi connectivity index (χ3v) is 9.72. The smallest absolute Gasteiger partial charge is 0.338 e. The molecule has 5 nitrogen and oxygen atoms in total. The van der Waals surface area contributed by atoms with Gasteiger partial charge in [-0.15, -0.1) is 0 Å². The molecule has 12 atom stereocenters. The Morgan fingerprint density at radius 2 is 1.93 bits per heavy atom. The Kier molecular flexibility index (Phi) is 3.61. The molecule has 3 fully saturated rings. The summed E-state index contributed by atoms with van der Waals surface area (Å²) < 4.78 is 12.6. The van der Waals surface area contributed by atoms with E-state index in [0.717, 1.165) is 30.6 Å². The number of rotatable bonds is 0. The van der Waals surface area contributed by atoms with Crippen LogP contribution in [0.25, 0.3) is 0 Å². The molecule has 3 heterocycles. The summed E-state index contributed by atoms with van der Waals surface area (Å²) in [4.78, 5) is 13.2. The van der Waals surface area contributed by atoms with Crippen LogP contribution in [0.2, 0.25) is 0 Å². The molecule has 0 aromatic heterocycles. The number of ether oxygens (including phenoxy) is 2. The Hall–Kier alpha value is -1.33. The first-order valence-electron chi connectivity index (χ1n) is 11.4. The van der Waals surface area contributed by atoms with E-state index in [9.17, 15) is 15.0 Å². The van der Waals surface area contributed by atoms with Crippen molar-refractivity contribution in [3.63, 3.8) is 0 Å². The standard InChI is InChI=1S/C24H32O5/c1-9-7-13-17(21(26)11(3)20(13)25)16-12(9)8-14-18(16)19-22-10(2)15(28-23(19)27)5-6-24(14,4)29-22/h7,10-18,20-21,25-26H,5-6,8H2,1-4H3. The van der Waals surface area contributed by atoms with Gasteiger partial charge in [0.15, 0.2) is 0 Å². The van der Waals surface area contributed by atoms with Gasteiger partial charge in [-0.1, -0.05) is 25.5 Å². The lowest BCUT2D eigenvalue weighted by Crippen LogP contribution is -2.49. The summed E-state index contributed by atoms with van der Waals surface area (Å²) >= 11 is 0. The van der Waals surface area contributed by atoms with Gasteiger partial charge in [-0.3, -0.25) is 0 Å². The summed E-state index contributed by atoms with van der Waals surface area (Å²) in [5.74, 6) is 1.34. The fourth-order valence-electron chi connectivity index (χ4n) is 8.16. The Bertz CT molecular complexity index is 844. The van der Waals surface area contributed by atoms with Crippen molar-refractivity contribution >= 4 is 5.97 Å². The van der Waals surface area contributed by atoms with Gasteiger partial charge < -0.3 is 19.7 Å². The van der Waals surface area contributed by atoms with Crippen LogP contribution < -0.4 is 0 Å². The van der Waals surface area contributed by atoms with Crippen LogP contribution in [0.3, 0.4) is 0 Å². The van der Waals surface area contributed by atoms with Crippen molar-refractivity contribution in [2.45, 2.75) is 70.9 Å². The van der Waals surface area contributed by atoms with Crippen LogP contribution in [-0.2, 0) is 14.3 Å². The molecule has 0 aromatic rings.